The van der Waals surface area contributed by atoms with Crippen LogP contribution in [0.1, 0.15) is 43.3 Å². The molecule has 27 heavy (non-hydrogen) atoms. The zero-order valence-electron chi connectivity index (χ0n) is 14.7. The predicted octanol–water partition coefficient (Wildman–Crippen LogP) is 3.63. The molecule has 2 heterocycles. The highest BCUT2D eigenvalue weighted by Gasteiger charge is 2.36. The smallest absolute Gasteiger partial charge is 0.248 e. The first-order valence-electron chi connectivity index (χ1n) is 9.01. The van der Waals surface area contributed by atoms with Gasteiger partial charge in [0.1, 0.15) is 6.54 Å². The van der Waals surface area contributed by atoms with E-state index in [1.165, 1.54) is 0 Å². The van der Waals surface area contributed by atoms with E-state index in [0.29, 0.717) is 18.7 Å². The Bertz CT molecular complexity index is 940. The minimum absolute atomic E-state index is 0.107. The molecule has 1 aliphatic carbocycles. The van der Waals surface area contributed by atoms with Gasteiger partial charge >= 0.3 is 0 Å². The highest BCUT2D eigenvalue weighted by molar-refractivity contribution is 5.83. The van der Waals surface area contributed by atoms with Crippen molar-refractivity contribution in [1.82, 2.24) is 20.0 Å². The molecule has 1 N–H and O–H groups in total. The molecule has 0 saturated heterocycles. The summed E-state index contributed by atoms with van der Waals surface area (Å²) in [6, 6.07) is 9.79. The molecule has 142 valence electrons. The Morgan fingerprint density at radius 2 is 2.04 bits per heavy atom. The highest BCUT2D eigenvalue weighted by Crippen LogP contribution is 2.39. The molecule has 0 atom stereocenters. The van der Waals surface area contributed by atoms with Crippen LogP contribution in [-0.2, 0) is 17.9 Å². The number of fused-ring (bicyclic) bond motifs is 1. The number of amides is 1. The van der Waals surface area contributed by atoms with Gasteiger partial charge < -0.3 is 14.4 Å². The number of benzene rings is 1. The van der Waals surface area contributed by atoms with Gasteiger partial charge in [0.2, 0.25) is 17.7 Å². The maximum Gasteiger partial charge on any atom is 0.248 e. The number of nitrogens with one attached hydrogen (secondary N) is 1. The lowest BCUT2D eigenvalue weighted by molar-refractivity contribution is -0.121. The summed E-state index contributed by atoms with van der Waals surface area (Å²) in [5, 5.41) is 7.72. The minimum atomic E-state index is -2.58. The van der Waals surface area contributed by atoms with Crippen LogP contribution in [0.25, 0.3) is 10.9 Å². The Morgan fingerprint density at radius 3 is 2.85 bits per heavy atom. The average Bonchev–Trinajstić information content (AvgIpc) is 3.28. The summed E-state index contributed by atoms with van der Waals surface area (Å²) in [6.07, 6.45) is 2.26. The first kappa shape index (κ1) is 17.6. The van der Waals surface area contributed by atoms with E-state index in [1.54, 1.807) is 0 Å². The third-order valence-electron chi connectivity index (χ3n) is 5.00. The van der Waals surface area contributed by atoms with Crippen molar-refractivity contribution in [2.75, 3.05) is 0 Å². The monoisotopic (exact) mass is 374 g/mol. The lowest BCUT2D eigenvalue weighted by atomic mass is 9.86. The van der Waals surface area contributed by atoms with Gasteiger partial charge in [-0.3, -0.25) is 4.79 Å². The van der Waals surface area contributed by atoms with Crippen LogP contribution in [0.15, 0.2) is 41.1 Å². The van der Waals surface area contributed by atoms with Crippen LogP contribution in [-0.4, -0.2) is 26.5 Å². The highest BCUT2D eigenvalue weighted by atomic mass is 19.3. The number of nitrogens with zero attached hydrogens (tertiary/aromatic N) is 3. The topological polar surface area (TPSA) is 73.0 Å². The molecule has 8 heteroatoms. The Kier molecular flexibility index (Phi) is 4.63. The molecule has 4 rings (SSSR count). The Hall–Kier alpha value is -2.77. The quantitative estimate of drug-likeness (QED) is 0.740. The predicted molar refractivity (Wildman–Crippen MR) is 94.2 cm³/mol. The molecule has 1 aromatic carbocycles. The second-order valence-electron chi connectivity index (χ2n) is 6.96. The first-order chi connectivity index (χ1) is 13.0. The van der Waals surface area contributed by atoms with Gasteiger partial charge in [-0.25, -0.2) is 8.78 Å². The molecule has 0 radical (unpaired) electrons. The van der Waals surface area contributed by atoms with Gasteiger partial charge in [-0.05, 0) is 30.4 Å². The Morgan fingerprint density at radius 1 is 1.26 bits per heavy atom. The van der Waals surface area contributed by atoms with Crippen molar-refractivity contribution >= 4 is 16.8 Å². The number of rotatable bonds is 5. The van der Waals surface area contributed by atoms with Crippen molar-refractivity contribution in [3.8, 4) is 0 Å². The fraction of sp³-hybridized carbons (Fsp3) is 0.421. The molecule has 6 nitrogen and oxygen atoms in total. The van der Waals surface area contributed by atoms with Gasteiger partial charge in [0, 0.05) is 30.5 Å². The van der Waals surface area contributed by atoms with Crippen LogP contribution in [0.3, 0.4) is 0 Å². The summed E-state index contributed by atoms with van der Waals surface area (Å²) < 4.78 is 33.5. The van der Waals surface area contributed by atoms with Crippen LogP contribution in [0.2, 0.25) is 0 Å². The number of carbonyl (C=O) groups excluding carboxylic acids is 1. The molecule has 1 amide bonds. The lowest BCUT2D eigenvalue weighted by Gasteiger charge is -2.26. The Labute approximate surface area is 154 Å². The third-order valence-corrected chi connectivity index (χ3v) is 5.00. The summed E-state index contributed by atoms with van der Waals surface area (Å²) in [6.45, 7) is 0.306. The van der Waals surface area contributed by atoms with E-state index in [1.807, 2.05) is 41.1 Å². The maximum atomic E-state index is 13.2. The number of aromatic nitrogens is 3. The second kappa shape index (κ2) is 7.09. The largest absolute Gasteiger partial charge is 0.345 e. The average molecular weight is 374 g/mol. The van der Waals surface area contributed by atoms with Crippen LogP contribution < -0.4 is 5.32 Å². The second-order valence-corrected chi connectivity index (χ2v) is 6.96. The zero-order chi connectivity index (χ0) is 18.9. The fourth-order valence-electron chi connectivity index (χ4n) is 3.47. The number of carbonyl (C=O) groups is 1. The molecule has 3 aromatic rings. The van der Waals surface area contributed by atoms with Crippen LogP contribution >= 0.6 is 0 Å². The zero-order valence-corrected chi connectivity index (χ0v) is 14.7. The van der Waals surface area contributed by atoms with Crippen molar-refractivity contribution in [3.63, 3.8) is 0 Å². The third kappa shape index (κ3) is 3.99. The summed E-state index contributed by atoms with van der Waals surface area (Å²) >= 11 is 0. The molecule has 0 unspecified atom stereocenters. The number of alkyl halides is 2. The first-order valence-corrected chi connectivity index (χ1v) is 9.01. The van der Waals surface area contributed by atoms with Crippen molar-refractivity contribution < 1.29 is 18.1 Å². The van der Waals surface area contributed by atoms with Gasteiger partial charge in [-0.2, -0.15) is 4.98 Å². The number of para-hydroxylation sites is 1. The van der Waals surface area contributed by atoms with Crippen LogP contribution in [0, 0.1) is 0 Å². The van der Waals surface area contributed by atoms with Gasteiger partial charge in [0.15, 0.2) is 5.82 Å². The molecule has 1 aliphatic rings. The molecule has 2 aromatic heterocycles. The Balaban J connectivity index is 1.31. The van der Waals surface area contributed by atoms with Crippen LogP contribution in [0.4, 0.5) is 8.78 Å². The van der Waals surface area contributed by atoms with Crippen molar-refractivity contribution in [2.45, 2.75) is 50.6 Å². The van der Waals surface area contributed by atoms with Gasteiger partial charge in [0.25, 0.3) is 0 Å². The van der Waals surface area contributed by atoms with E-state index in [0.717, 1.165) is 10.9 Å². The van der Waals surface area contributed by atoms with Gasteiger partial charge in [-0.1, -0.05) is 23.4 Å². The molecular weight excluding hydrogens is 354 g/mol. The minimum Gasteiger partial charge on any atom is -0.345 e. The molecule has 0 spiro atoms. The maximum absolute atomic E-state index is 13.2. The van der Waals surface area contributed by atoms with Crippen molar-refractivity contribution in [2.24, 2.45) is 0 Å². The molecule has 0 bridgehead atoms. The number of halogens is 2. The SMILES string of the molecule is O=C(Cn1ccc2ccccc21)NCc1nc(C2CCC(F)(F)CC2)no1. The van der Waals surface area contributed by atoms with E-state index < -0.39 is 5.92 Å². The normalized spacial score (nSPS) is 17.3. The fourth-order valence-corrected chi connectivity index (χ4v) is 3.47. The summed E-state index contributed by atoms with van der Waals surface area (Å²) in [4.78, 5) is 16.5. The van der Waals surface area contributed by atoms with E-state index >= 15 is 0 Å². The van der Waals surface area contributed by atoms with E-state index in [-0.39, 0.29) is 43.6 Å². The van der Waals surface area contributed by atoms with Crippen LogP contribution in [0.5, 0.6) is 0 Å². The number of hydrogen-bond acceptors (Lipinski definition) is 4. The lowest BCUT2D eigenvalue weighted by Crippen LogP contribution is -2.27. The molecule has 1 saturated carbocycles. The van der Waals surface area contributed by atoms with E-state index in [9.17, 15) is 13.6 Å². The van der Waals surface area contributed by atoms with Crippen molar-refractivity contribution in [3.05, 3.63) is 48.2 Å². The molecule has 0 aliphatic heterocycles. The van der Waals surface area contributed by atoms with Gasteiger partial charge in [-0.15, -0.1) is 0 Å². The molecular formula is C19H20F2N4O2. The van der Waals surface area contributed by atoms with Gasteiger partial charge in [0.05, 0.1) is 6.54 Å². The summed E-state index contributed by atoms with van der Waals surface area (Å²) in [5.41, 5.74) is 0.988. The molecule has 1 fully saturated rings. The van der Waals surface area contributed by atoms with E-state index in [4.69, 9.17) is 4.52 Å². The van der Waals surface area contributed by atoms with E-state index in [2.05, 4.69) is 15.5 Å². The summed E-state index contributed by atoms with van der Waals surface area (Å²) in [7, 11) is 0. The number of hydrogen-bond donors (Lipinski definition) is 1. The standard InChI is InChI=1S/C19H20F2N4O2/c20-19(21)8-5-14(6-9-19)18-23-17(27-24-18)11-22-16(26)12-25-10-7-13-3-1-2-4-15(13)25/h1-4,7,10,14H,5-6,8-9,11-12H2,(H,22,26). The summed E-state index contributed by atoms with van der Waals surface area (Å²) in [5.74, 6) is -2.13. The van der Waals surface area contributed by atoms with Crippen molar-refractivity contribution in [1.29, 1.82) is 0 Å².